The third kappa shape index (κ3) is 7.77. The summed E-state index contributed by atoms with van der Waals surface area (Å²) in [5, 5.41) is 3.44. The van der Waals surface area contributed by atoms with Crippen LogP contribution in [0.25, 0.3) is 0 Å². The zero-order chi connectivity index (χ0) is 27.7. The van der Waals surface area contributed by atoms with E-state index in [-0.39, 0.29) is 44.5 Å². The molecule has 2 aromatic rings. The summed E-state index contributed by atoms with van der Waals surface area (Å²) in [6.45, 7) is 4.79. The van der Waals surface area contributed by atoms with Gasteiger partial charge in [0.05, 0.1) is 11.9 Å². The molecule has 1 unspecified atom stereocenters. The van der Waals surface area contributed by atoms with Gasteiger partial charge in [-0.1, -0.05) is 50.1 Å². The minimum Gasteiger partial charge on any atom is -0.454 e. The fourth-order valence-electron chi connectivity index (χ4n) is 4.28. The van der Waals surface area contributed by atoms with Crippen molar-refractivity contribution >= 4 is 39.1 Å². The number of benzene rings is 2. The Labute approximate surface area is 230 Å². The van der Waals surface area contributed by atoms with E-state index in [1.165, 1.54) is 4.31 Å². The van der Waals surface area contributed by atoms with Crippen LogP contribution in [0, 0.1) is 0 Å². The predicted molar refractivity (Wildman–Crippen MR) is 148 cm³/mol. The van der Waals surface area contributed by atoms with Crippen molar-refractivity contribution in [3.8, 4) is 11.5 Å². The first-order valence-electron chi connectivity index (χ1n) is 12.8. The molecule has 1 atom stereocenters. The molecule has 11 heteroatoms. The Balaban J connectivity index is 1.75. The van der Waals surface area contributed by atoms with Gasteiger partial charge >= 0.3 is 0 Å². The summed E-state index contributed by atoms with van der Waals surface area (Å²) in [7, 11) is -3.62. The topological polar surface area (TPSA) is 105 Å². The number of carbonyl (C=O) groups is 2. The van der Waals surface area contributed by atoms with Crippen LogP contribution in [0.4, 0.5) is 5.69 Å². The van der Waals surface area contributed by atoms with Crippen LogP contribution >= 0.6 is 11.6 Å². The molecule has 208 valence electrons. The molecule has 0 saturated carbocycles. The molecule has 1 aliphatic heterocycles. The molecule has 0 bridgehead atoms. The second kappa shape index (κ2) is 13.7. The highest BCUT2D eigenvalue weighted by molar-refractivity contribution is 7.92. The van der Waals surface area contributed by atoms with Crippen LogP contribution in [0.1, 0.15) is 51.5 Å². The van der Waals surface area contributed by atoms with Crippen molar-refractivity contribution in [2.45, 2.75) is 58.5 Å². The van der Waals surface area contributed by atoms with Gasteiger partial charge < -0.3 is 19.7 Å². The van der Waals surface area contributed by atoms with Crippen LogP contribution in [0.2, 0.25) is 5.02 Å². The fraction of sp³-hybridized carbons (Fsp3) is 0.481. The van der Waals surface area contributed by atoms with Crippen LogP contribution in [0.15, 0.2) is 42.5 Å². The number of nitrogens with zero attached hydrogens (tertiary/aromatic N) is 2. The molecule has 3 rings (SSSR count). The maximum absolute atomic E-state index is 13.5. The van der Waals surface area contributed by atoms with Gasteiger partial charge in [-0.15, -0.1) is 0 Å². The molecule has 0 radical (unpaired) electrons. The highest BCUT2D eigenvalue weighted by atomic mass is 35.5. The predicted octanol–water partition coefficient (Wildman–Crippen LogP) is 4.34. The van der Waals surface area contributed by atoms with Crippen molar-refractivity contribution in [2.75, 3.05) is 30.4 Å². The molecule has 1 N–H and O–H groups in total. The molecular weight excluding hydrogens is 530 g/mol. The molecule has 1 aliphatic rings. The number of amides is 2. The summed E-state index contributed by atoms with van der Waals surface area (Å²) in [6.07, 6.45) is 3.66. The minimum atomic E-state index is -3.62. The highest BCUT2D eigenvalue weighted by Crippen LogP contribution is 2.36. The van der Waals surface area contributed by atoms with E-state index < -0.39 is 16.1 Å². The number of sulfonamides is 1. The molecule has 9 nitrogen and oxygen atoms in total. The van der Waals surface area contributed by atoms with E-state index in [0.29, 0.717) is 35.2 Å². The number of fused-ring (bicyclic) bond motifs is 1. The maximum Gasteiger partial charge on any atom is 0.242 e. The summed E-state index contributed by atoms with van der Waals surface area (Å²) < 4.78 is 37.1. The number of ether oxygens (including phenoxy) is 2. The number of anilines is 1. The van der Waals surface area contributed by atoms with E-state index in [2.05, 4.69) is 5.32 Å². The maximum atomic E-state index is 13.5. The summed E-state index contributed by atoms with van der Waals surface area (Å²) in [5.41, 5.74) is 1.17. The summed E-state index contributed by atoms with van der Waals surface area (Å²) in [4.78, 5) is 28.1. The first-order valence-corrected chi connectivity index (χ1v) is 15.1. The Hall–Kier alpha value is -2.98. The van der Waals surface area contributed by atoms with E-state index in [9.17, 15) is 18.0 Å². The van der Waals surface area contributed by atoms with Gasteiger partial charge in [0.2, 0.25) is 28.6 Å². The number of hydrogen-bond acceptors (Lipinski definition) is 6. The van der Waals surface area contributed by atoms with E-state index in [4.69, 9.17) is 21.1 Å². The van der Waals surface area contributed by atoms with Gasteiger partial charge in [-0.25, -0.2) is 8.42 Å². The zero-order valence-electron chi connectivity index (χ0n) is 22.1. The van der Waals surface area contributed by atoms with Crippen molar-refractivity contribution in [1.29, 1.82) is 0 Å². The third-order valence-corrected chi connectivity index (χ3v) is 7.87. The van der Waals surface area contributed by atoms with Gasteiger partial charge in [-0.2, -0.15) is 0 Å². The molecule has 38 heavy (non-hydrogen) atoms. The van der Waals surface area contributed by atoms with Crippen molar-refractivity contribution in [3.05, 3.63) is 53.1 Å². The summed E-state index contributed by atoms with van der Waals surface area (Å²) in [5.74, 6) is 0.564. The fourth-order valence-corrected chi connectivity index (χ4v) is 5.43. The van der Waals surface area contributed by atoms with Crippen LogP contribution in [0.3, 0.4) is 0 Å². The number of carbonyl (C=O) groups excluding carboxylic acids is 2. The molecule has 0 aromatic heterocycles. The highest BCUT2D eigenvalue weighted by Gasteiger charge is 2.29. The van der Waals surface area contributed by atoms with Gasteiger partial charge in [-0.05, 0) is 43.0 Å². The smallest absolute Gasteiger partial charge is 0.242 e. The van der Waals surface area contributed by atoms with Gasteiger partial charge in [0.1, 0.15) is 6.04 Å². The monoisotopic (exact) mass is 565 g/mol. The second-order valence-corrected chi connectivity index (χ2v) is 11.5. The van der Waals surface area contributed by atoms with Crippen molar-refractivity contribution < 1.29 is 27.5 Å². The van der Waals surface area contributed by atoms with Crippen molar-refractivity contribution in [3.63, 3.8) is 0 Å². The lowest BCUT2D eigenvalue weighted by atomic mass is 10.1. The first-order chi connectivity index (χ1) is 18.2. The molecular formula is C27H36ClN3O6S. The summed E-state index contributed by atoms with van der Waals surface area (Å²) in [6, 6.07) is 11.5. The first kappa shape index (κ1) is 29.6. The zero-order valence-corrected chi connectivity index (χ0v) is 23.7. The summed E-state index contributed by atoms with van der Waals surface area (Å²) >= 11 is 6.38. The third-order valence-electron chi connectivity index (χ3n) is 6.31. The molecule has 0 saturated heterocycles. The van der Waals surface area contributed by atoms with E-state index in [1.807, 2.05) is 32.0 Å². The Bertz CT molecular complexity index is 1220. The molecule has 0 spiro atoms. The number of nitrogens with one attached hydrogen (secondary N) is 1. The normalized spacial score (nSPS) is 13.2. The number of unbranched alkanes of at least 4 members (excludes halogenated alkanes) is 1. The quantitative estimate of drug-likeness (QED) is 0.342. The molecule has 0 fully saturated rings. The largest absolute Gasteiger partial charge is 0.454 e. The van der Waals surface area contributed by atoms with E-state index >= 15 is 0 Å². The Kier molecular flexibility index (Phi) is 10.7. The SMILES string of the molecule is CCCCNC(=O)C(CC)N(Cc1ccccc1Cl)C(=O)CCCN(c1ccc2c(c1)OCO2)S(C)(=O)=O. The number of halogens is 1. The second-order valence-electron chi connectivity index (χ2n) is 9.16. The van der Waals surface area contributed by atoms with Crippen LogP contribution in [0.5, 0.6) is 11.5 Å². The Morgan fingerprint density at radius 1 is 1.08 bits per heavy atom. The average Bonchev–Trinajstić information content (AvgIpc) is 3.35. The molecule has 1 heterocycles. The lowest BCUT2D eigenvalue weighted by Gasteiger charge is -2.31. The molecule has 0 aliphatic carbocycles. The minimum absolute atomic E-state index is 0.0553. The number of hydrogen-bond donors (Lipinski definition) is 1. The van der Waals surface area contributed by atoms with Gasteiger partial charge in [0.25, 0.3) is 0 Å². The standard InChI is InChI=1S/C27H36ClN3O6S/c1-4-6-15-29-27(33)23(5-2)30(18-20-10-7-8-11-22(20)28)26(32)12-9-16-31(38(3,34)35)21-13-14-24-25(17-21)37-19-36-24/h7-8,10-11,13-14,17,23H,4-6,9,12,15-16,18-19H2,1-3H3,(H,29,33). The lowest BCUT2D eigenvalue weighted by molar-refractivity contribution is -0.141. The average molecular weight is 566 g/mol. The van der Waals surface area contributed by atoms with Crippen molar-refractivity contribution in [1.82, 2.24) is 10.2 Å². The number of rotatable bonds is 14. The Morgan fingerprint density at radius 3 is 2.50 bits per heavy atom. The van der Waals surface area contributed by atoms with E-state index in [0.717, 1.165) is 24.7 Å². The van der Waals surface area contributed by atoms with Crippen LogP contribution in [-0.2, 0) is 26.2 Å². The Morgan fingerprint density at radius 2 is 1.82 bits per heavy atom. The molecule has 2 amide bonds. The van der Waals surface area contributed by atoms with Gasteiger partial charge in [0, 0.05) is 37.1 Å². The lowest BCUT2D eigenvalue weighted by Crippen LogP contribution is -2.49. The van der Waals surface area contributed by atoms with Crippen LogP contribution < -0.4 is 19.1 Å². The molecule has 2 aromatic carbocycles. The van der Waals surface area contributed by atoms with Crippen molar-refractivity contribution in [2.24, 2.45) is 0 Å². The van der Waals surface area contributed by atoms with Gasteiger partial charge in [-0.3, -0.25) is 13.9 Å². The van der Waals surface area contributed by atoms with Gasteiger partial charge in [0.15, 0.2) is 11.5 Å². The van der Waals surface area contributed by atoms with Crippen LogP contribution in [-0.4, -0.2) is 57.3 Å². The van der Waals surface area contributed by atoms with E-state index in [1.54, 1.807) is 29.2 Å².